The van der Waals surface area contributed by atoms with Crippen molar-refractivity contribution in [2.45, 2.75) is 70.8 Å². The Morgan fingerprint density at radius 1 is 1.13 bits per heavy atom. The molecule has 2 aromatic heterocycles. The summed E-state index contributed by atoms with van der Waals surface area (Å²) in [5, 5.41) is 14.3. The van der Waals surface area contributed by atoms with Crippen molar-refractivity contribution in [3.63, 3.8) is 0 Å². The van der Waals surface area contributed by atoms with Crippen molar-refractivity contribution in [2.24, 2.45) is 0 Å². The SMILES string of the molecule is CCCCc1nc(C2CCCCC2)nn1Cc1ccc(-c2ccncc2C(=O)O)cc1. The lowest BCUT2D eigenvalue weighted by molar-refractivity contribution is 0.0697. The number of hydrogen-bond donors (Lipinski definition) is 1. The van der Waals surface area contributed by atoms with Crippen LogP contribution in [0.5, 0.6) is 0 Å². The average Bonchev–Trinajstić information content (AvgIpc) is 3.21. The molecule has 1 fully saturated rings. The van der Waals surface area contributed by atoms with E-state index in [0.717, 1.165) is 42.0 Å². The van der Waals surface area contributed by atoms with Gasteiger partial charge < -0.3 is 5.11 Å². The fourth-order valence-corrected chi connectivity index (χ4v) is 4.35. The molecule has 0 bridgehead atoms. The highest BCUT2D eigenvalue weighted by Gasteiger charge is 2.21. The fraction of sp³-hybridized carbons (Fsp3) is 0.440. The Morgan fingerprint density at radius 2 is 1.90 bits per heavy atom. The lowest BCUT2D eigenvalue weighted by Crippen LogP contribution is -2.09. The zero-order chi connectivity index (χ0) is 21.6. The van der Waals surface area contributed by atoms with Gasteiger partial charge in [0.15, 0.2) is 5.82 Å². The van der Waals surface area contributed by atoms with E-state index in [9.17, 15) is 9.90 Å². The fourth-order valence-electron chi connectivity index (χ4n) is 4.35. The Balaban J connectivity index is 1.56. The summed E-state index contributed by atoms with van der Waals surface area (Å²) in [5.74, 6) is 1.63. The molecule has 6 heteroatoms. The van der Waals surface area contributed by atoms with Crippen LogP contribution in [0.4, 0.5) is 0 Å². The molecule has 1 saturated carbocycles. The molecule has 0 spiro atoms. The number of carbonyl (C=O) groups is 1. The zero-order valence-corrected chi connectivity index (χ0v) is 18.1. The minimum atomic E-state index is -0.967. The summed E-state index contributed by atoms with van der Waals surface area (Å²) < 4.78 is 2.07. The summed E-state index contributed by atoms with van der Waals surface area (Å²) >= 11 is 0. The number of carboxylic acid groups (broad SMARTS) is 1. The first-order valence-electron chi connectivity index (χ1n) is 11.4. The summed E-state index contributed by atoms with van der Waals surface area (Å²) in [6.45, 7) is 2.88. The van der Waals surface area contributed by atoms with Crippen LogP contribution in [0.25, 0.3) is 11.1 Å². The van der Waals surface area contributed by atoms with Crippen LogP contribution in [0.15, 0.2) is 42.7 Å². The van der Waals surface area contributed by atoms with E-state index in [-0.39, 0.29) is 5.56 Å². The molecule has 162 valence electrons. The second-order valence-corrected chi connectivity index (χ2v) is 8.41. The number of unbranched alkanes of at least 4 members (excludes halogenated alkanes) is 1. The molecule has 0 unspecified atom stereocenters. The minimum Gasteiger partial charge on any atom is -0.478 e. The quantitative estimate of drug-likeness (QED) is 0.524. The molecule has 0 atom stereocenters. The van der Waals surface area contributed by atoms with Crippen molar-refractivity contribution in [2.75, 3.05) is 0 Å². The van der Waals surface area contributed by atoms with E-state index in [1.54, 1.807) is 12.3 Å². The van der Waals surface area contributed by atoms with Crippen LogP contribution in [-0.2, 0) is 13.0 Å². The van der Waals surface area contributed by atoms with Crippen molar-refractivity contribution in [3.8, 4) is 11.1 Å². The van der Waals surface area contributed by atoms with Crippen LogP contribution in [0.2, 0.25) is 0 Å². The van der Waals surface area contributed by atoms with E-state index in [1.807, 2.05) is 24.3 Å². The Bertz CT molecular complexity index is 1020. The number of aryl methyl sites for hydroxylation is 1. The van der Waals surface area contributed by atoms with Gasteiger partial charge >= 0.3 is 5.97 Å². The van der Waals surface area contributed by atoms with Crippen molar-refractivity contribution in [1.82, 2.24) is 19.7 Å². The van der Waals surface area contributed by atoms with Gasteiger partial charge in [-0.3, -0.25) is 4.98 Å². The molecule has 6 nitrogen and oxygen atoms in total. The Morgan fingerprint density at radius 3 is 2.61 bits per heavy atom. The first-order valence-corrected chi connectivity index (χ1v) is 11.4. The molecule has 1 aromatic carbocycles. The number of aromatic carboxylic acids is 1. The molecule has 0 aliphatic heterocycles. The summed E-state index contributed by atoms with van der Waals surface area (Å²) in [6, 6.07) is 9.79. The van der Waals surface area contributed by atoms with Gasteiger partial charge in [0, 0.05) is 24.7 Å². The van der Waals surface area contributed by atoms with Crippen molar-refractivity contribution in [1.29, 1.82) is 0 Å². The van der Waals surface area contributed by atoms with Crippen LogP contribution >= 0.6 is 0 Å². The number of pyridine rings is 1. The van der Waals surface area contributed by atoms with Crippen LogP contribution in [0.1, 0.15) is 85.4 Å². The Hall–Kier alpha value is -3.02. The van der Waals surface area contributed by atoms with Gasteiger partial charge in [-0.2, -0.15) is 5.10 Å². The molecule has 0 saturated heterocycles. The Labute approximate surface area is 183 Å². The molecular weight excluding hydrogens is 388 g/mol. The summed E-state index contributed by atoms with van der Waals surface area (Å²) in [4.78, 5) is 20.4. The van der Waals surface area contributed by atoms with Crippen LogP contribution in [0, 0.1) is 0 Å². The molecule has 1 aliphatic rings. The highest BCUT2D eigenvalue weighted by atomic mass is 16.4. The lowest BCUT2D eigenvalue weighted by Gasteiger charge is -2.18. The summed E-state index contributed by atoms with van der Waals surface area (Å²) in [7, 11) is 0. The van der Waals surface area contributed by atoms with Crippen molar-refractivity contribution < 1.29 is 9.90 Å². The van der Waals surface area contributed by atoms with E-state index in [2.05, 4.69) is 16.6 Å². The minimum absolute atomic E-state index is 0.213. The Kier molecular flexibility index (Phi) is 6.75. The van der Waals surface area contributed by atoms with Gasteiger partial charge in [-0.05, 0) is 42.0 Å². The van der Waals surface area contributed by atoms with Gasteiger partial charge in [-0.15, -0.1) is 0 Å². The van der Waals surface area contributed by atoms with E-state index in [4.69, 9.17) is 10.1 Å². The topological polar surface area (TPSA) is 80.9 Å². The maximum Gasteiger partial charge on any atom is 0.337 e. The maximum absolute atomic E-state index is 11.5. The largest absolute Gasteiger partial charge is 0.478 e. The molecule has 31 heavy (non-hydrogen) atoms. The van der Waals surface area contributed by atoms with Gasteiger partial charge in [0.2, 0.25) is 0 Å². The van der Waals surface area contributed by atoms with E-state index >= 15 is 0 Å². The van der Waals surface area contributed by atoms with Gasteiger partial charge in [0.25, 0.3) is 0 Å². The summed E-state index contributed by atoms with van der Waals surface area (Å²) in [5.41, 5.74) is 2.90. The number of benzene rings is 1. The van der Waals surface area contributed by atoms with Gasteiger partial charge in [-0.25, -0.2) is 14.5 Å². The predicted molar refractivity (Wildman–Crippen MR) is 120 cm³/mol. The number of aromatic nitrogens is 4. The van der Waals surface area contributed by atoms with E-state index in [1.165, 1.54) is 38.3 Å². The first kappa shape index (κ1) is 21.2. The molecule has 0 amide bonds. The first-order chi connectivity index (χ1) is 15.2. The zero-order valence-electron chi connectivity index (χ0n) is 18.1. The number of nitrogens with zero attached hydrogens (tertiary/aromatic N) is 4. The molecule has 4 rings (SSSR count). The van der Waals surface area contributed by atoms with E-state index in [0.29, 0.717) is 18.0 Å². The molecular formula is C25H30N4O2. The number of hydrogen-bond acceptors (Lipinski definition) is 4. The molecule has 1 N–H and O–H groups in total. The second-order valence-electron chi connectivity index (χ2n) is 8.41. The van der Waals surface area contributed by atoms with Crippen LogP contribution in [-0.4, -0.2) is 30.8 Å². The molecule has 1 aliphatic carbocycles. The highest BCUT2D eigenvalue weighted by molar-refractivity contribution is 5.95. The van der Waals surface area contributed by atoms with Gasteiger partial charge in [0.1, 0.15) is 5.82 Å². The van der Waals surface area contributed by atoms with Gasteiger partial charge in [-0.1, -0.05) is 56.9 Å². The van der Waals surface area contributed by atoms with Crippen molar-refractivity contribution >= 4 is 5.97 Å². The number of carboxylic acids is 1. The van der Waals surface area contributed by atoms with Gasteiger partial charge in [0.05, 0.1) is 12.1 Å². The third-order valence-corrected chi connectivity index (χ3v) is 6.14. The predicted octanol–water partition coefficient (Wildman–Crippen LogP) is 5.48. The van der Waals surface area contributed by atoms with Crippen LogP contribution < -0.4 is 0 Å². The lowest BCUT2D eigenvalue weighted by atomic mass is 9.89. The number of rotatable bonds is 8. The normalized spacial score (nSPS) is 14.6. The summed E-state index contributed by atoms with van der Waals surface area (Å²) in [6.07, 6.45) is 12.5. The molecule has 2 heterocycles. The third kappa shape index (κ3) is 5.01. The smallest absolute Gasteiger partial charge is 0.337 e. The van der Waals surface area contributed by atoms with E-state index < -0.39 is 5.97 Å². The standard InChI is InChI=1S/C25H30N4O2/c1-2-3-9-23-27-24(20-7-5-4-6-8-20)28-29(23)17-18-10-12-19(13-11-18)21-14-15-26-16-22(21)25(30)31/h10-16,20H,2-9,17H2,1H3,(H,30,31). The highest BCUT2D eigenvalue weighted by Crippen LogP contribution is 2.31. The maximum atomic E-state index is 11.5. The molecule has 3 aromatic rings. The monoisotopic (exact) mass is 418 g/mol. The second kappa shape index (κ2) is 9.86. The molecule has 0 radical (unpaired) electrons. The third-order valence-electron chi connectivity index (χ3n) is 6.14. The average molecular weight is 419 g/mol. The van der Waals surface area contributed by atoms with Crippen molar-refractivity contribution in [3.05, 3.63) is 65.5 Å². The van der Waals surface area contributed by atoms with Crippen LogP contribution in [0.3, 0.4) is 0 Å².